The minimum Gasteiger partial charge on any atom is -0.478 e. The predicted octanol–water partition coefficient (Wildman–Crippen LogP) is 4.87. The number of halogens is 1. The highest BCUT2D eigenvalue weighted by Gasteiger charge is 2.23. The Kier molecular flexibility index (Phi) is 6.57. The normalized spacial score (nSPS) is 13.2. The van der Waals surface area contributed by atoms with Crippen molar-refractivity contribution in [3.05, 3.63) is 65.0 Å². The van der Waals surface area contributed by atoms with E-state index in [4.69, 9.17) is 4.74 Å². The van der Waals surface area contributed by atoms with E-state index in [2.05, 4.69) is 17.4 Å². The fraction of sp³-hybridized carbons (Fsp3) is 0.381. The second-order valence-corrected chi connectivity index (χ2v) is 6.27. The molecule has 0 aliphatic carbocycles. The summed E-state index contributed by atoms with van der Waals surface area (Å²) in [4.78, 5) is 12.7. The molecule has 2 unspecified atom stereocenters. The number of carbonyl (C=O) groups excluding carboxylic acids is 1. The van der Waals surface area contributed by atoms with Crippen molar-refractivity contribution in [2.75, 3.05) is 0 Å². The highest BCUT2D eigenvalue weighted by atomic mass is 19.1. The van der Waals surface area contributed by atoms with Crippen LogP contribution in [0.1, 0.15) is 49.4 Å². The number of ether oxygens (including phenoxy) is 1. The van der Waals surface area contributed by atoms with Crippen LogP contribution in [0.3, 0.4) is 0 Å². The van der Waals surface area contributed by atoms with Gasteiger partial charge in [-0.3, -0.25) is 4.79 Å². The molecule has 2 aromatic rings. The number of para-hydroxylation sites is 1. The Hall–Kier alpha value is -2.36. The smallest absolute Gasteiger partial charge is 0.261 e. The van der Waals surface area contributed by atoms with E-state index in [0.29, 0.717) is 6.42 Å². The first-order valence-corrected chi connectivity index (χ1v) is 8.75. The Morgan fingerprint density at radius 2 is 1.84 bits per heavy atom. The molecule has 0 saturated carbocycles. The van der Waals surface area contributed by atoms with Crippen molar-refractivity contribution < 1.29 is 13.9 Å². The molecule has 0 spiro atoms. The Labute approximate surface area is 149 Å². The van der Waals surface area contributed by atoms with Crippen LogP contribution in [-0.4, -0.2) is 12.0 Å². The van der Waals surface area contributed by atoms with Gasteiger partial charge >= 0.3 is 0 Å². The average Bonchev–Trinajstić information content (AvgIpc) is 2.59. The first-order chi connectivity index (χ1) is 12.0. The maximum atomic E-state index is 13.8. The van der Waals surface area contributed by atoms with Crippen LogP contribution >= 0.6 is 0 Å². The van der Waals surface area contributed by atoms with Crippen molar-refractivity contribution in [2.24, 2.45) is 0 Å². The molecule has 2 rings (SSSR count). The third kappa shape index (κ3) is 4.81. The van der Waals surface area contributed by atoms with E-state index in [1.165, 1.54) is 17.7 Å². The monoisotopic (exact) mass is 343 g/mol. The number of benzene rings is 2. The summed E-state index contributed by atoms with van der Waals surface area (Å²) in [6.45, 7) is 7.97. The lowest BCUT2D eigenvalue weighted by atomic mass is 9.97. The molecule has 3 nitrogen and oxygen atoms in total. The Morgan fingerprint density at radius 1 is 1.12 bits per heavy atom. The van der Waals surface area contributed by atoms with Crippen LogP contribution in [-0.2, 0) is 4.79 Å². The van der Waals surface area contributed by atoms with E-state index in [1.54, 1.807) is 12.1 Å². The van der Waals surface area contributed by atoms with Crippen molar-refractivity contribution in [1.82, 2.24) is 5.32 Å². The van der Waals surface area contributed by atoms with E-state index in [0.717, 1.165) is 17.5 Å². The maximum absolute atomic E-state index is 13.8. The zero-order chi connectivity index (χ0) is 18.4. The molecular formula is C21H26FNO2. The average molecular weight is 343 g/mol. The summed E-state index contributed by atoms with van der Waals surface area (Å²) in [5.41, 5.74) is 3.44. The Morgan fingerprint density at radius 3 is 2.44 bits per heavy atom. The zero-order valence-electron chi connectivity index (χ0n) is 15.3. The maximum Gasteiger partial charge on any atom is 0.261 e. The molecule has 0 saturated heterocycles. The minimum atomic E-state index is -0.725. The molecule has 4 heteroatoms. The molecule has 2 aromatic carbocycles. The van der Waals surface area contributed by atoms with Crippen LogP contribution in [0.4, 0.5) is 4.39 Å². The number of nitrogens with one attached hydrogen (secondary N) is 1. The van der Waals surface area contributed by atoms with Gasteiger partial charge in [0, 0.05) is 0 Å². The van der Waals surface area contributed by atoms with Crippen LogP contribution in [0.15, 0.2) is 42.5 Å². The van der Waals surface area contributed by atoms with E-state index >= 15 is 0 Å². The second kappa shape index (κ2) is 8.65. The molecule has 0 fully saturated rings. The fourth-order valence-electron chi connectivity index (χ4n) is 2.90. The van der Waals surface area contributed by atoms with Crippen LogP contribution in [0.5, 0.6) is 5.75 Å². The quantitative estimate of drug-likeness (QED) is 0.779. The summed E-state index contributed by atoms with van der Waals surface area (Å²) in [6.07, 6.45) is 0.506. The van der Waals surface area contributed by atoms with Gasteiger partial charge in [0.15, 0.2) is 17.7 Å². The predicted molar refractivity (Wildman–Crippen MR) is 98.2 cm³/mol. The largest absolute Gasteiger partial charge is 0.478 e. The van der Waals surface area contributed by atoms with Crippen LogP contribution in [0, 0.1) is 19.7 Å². The lowest BCUT2D eigenvalue weighted by Crippen LogP contribution is -2.40. The van der Waals surface area contributed by atoms with Gasteiger partial charge in [-0.25, -0.2) is 4.39 Å². The summed E-state index contributed by atoms with van der Waals surface area (Å²) in [7, 11) is 0. The molecule has 0 aliphatic heterocycles. The van der Waals surface area contributed by atoms with Gasteiger partial charge in [0.25, 0.3) is 5.91 Å². The molecule has 25 heavy (non-hydrogen) atoms. The van der Waals surface area contributed by atoms with E-state index in [9.17, 15) is 9.18 Å². The van der Waals surface area contributed by atoms with Gasteiger partial charge in [0.05, 0.1) is 6.04 Å². The zero-order valence-corrected chi connectivity index (χ0v) is 15.3. The van der Waals surface area contributed by atoms with Gasteiger partial charge in [-0.2, -0.15) is 0 Å². The number of carbonyl (C=O) groups is 1. The second-order valence-electron chi connectivity index (χ2n) is 6.27. The van der Waals surface area contributed by atoms with E-state index in [1.807, 2.05) is 33.8 Å². The van der Waals surface area contributed by atoms with Crippen LogP contribution in [0.25, 0.3) is 0 Å². The molecular weight excluding hydrogens is 317 g/mol. The van der Waals surface area contributed by atoms with Gasteiger partial charge in [0.2, 0.25) is 0 Å². The van der Waals surface area contributed by atoms with Crippen molar-refractivity contribution in [1.29, 1.82) is 0 Å². The highest BCUT2D eigenvalue weighted by Crippen LogP contribution is 2.23. The lowest BCUT2D eigenvalue weighted by molar-refractivity contribution is -0.129. The highest BCUT2D eigenvalue weighted by molar-refractivity contribution is 5.81. The van der Waals surface area contributed by atoms with Crippen molar-refractivity contribution in [2.45, 2.75) is 52.7 Å². The molecule has 0 aliphatic rings. The van der Waals surface area contributed by atoms with Gasteiger partial charge < -0.3 is 10.1 Å². The first-order valence-electron chi connectivity index (χ1n) is 8.75. The topological polar surface area (TPSA) is 38.3 Å². The van der Waals surface area contributed by atoms with Crippen LogP contribution in [0.2, 0.25) is 0 Å². The number of aryl methyl sites for hydroxylation is 2. The van der Waals surface area contributed by atoms with Gasteiger partial charge in [-0.15, -0.1) is 0 Å². The summed E-state index contributed by atoms with van der Waals surface area (Å²) < 4.78 is 19.4. The van der Waals surface area contributed by atoms with Crippen molar-refractivity contribution in [3.8, 4) is 5.75 Å². The fourth-order valence-corrected chi connectivity index (χ4v) is 2.90. The lowest BCUT2D eigenvalue weighted by Gasteiger charge is -2.24. The number of amides is 1. The first kappa shape index (κ1) is 19.0. The molecule has 2 atom stereocenters. The third-order valence-corrected chi connectivity index (χ3v) is 4.29. The van der Waals surface area contributed by atoms with Gasteiger partial charge in [-0.1, -0.05) is 49.7 Å². The summed E-state index contributed by atoms with van der Waals surface area (Å²) in [6, 6.07) is 12.3. The number of rotatable bonds is 7. The summed E-state index contributed by atoms with van der Waals surface area (Å²) >= 11 is 0. The SMILES string of the molecule is CCC(Oc1ccccc1F)C(=O)NC(CC)c1ccc(C)cc1C. The molecule has 134 valence electrons. The Balaban J connectivity index is 2.12. The molecule has 1 N–H and O–H groups in total. The molecule has 0 aromatic heterocycles. The number of hydrogen-bond donors (Lipinski definition) is 1. The molecule has 1 amide bonds. The summed E-state index contributed by atoms with van der Waals surface area (Å²) in [5, 5.41) is 3.05. The standard InChI is InChI=1S/C21H26FNO2/c1-5-18(16-12-11-14(3)13-15(16)4)23-21(24)19(6-2)25-20-10-8-7-9-17(20)22/h7-13,18-19H,5-6H2,1-4H3,(H,23,24). The molecule has 0 radical (unpaired) electrons. The molecule has 0 heterocycles. The van der Waals surface area contributed by atoms with Crippen molar-refractivity contribution in [3.63, 3.8) is 0 Å². The molecule has 0 bridgehead atoms. The summed E-state index contributed by atoms with van der Waals surface area (Å²) in [5.74, 6) is -0.586. The van der Waals surface area contributed by atoms with Gasteiger partial charge in [-0.05, 0) is 49.9 Å². The Bertz CT molecular complexity index is 730. The van der Waals surface area contributed by atoms with Crippen LogP contribution < -0.4 is 10.1 Å². The van der Waals surface area contributed by atoms with E-state index < -0.39 is 11.9 Å². The van der Waals surface area contributed by atoms with Crippen molar-refractivity contribution >= 4 is 5.91 Å². The van der Waals surface area contributed by atoms with Gasteiger partial charge in [0.1, 0.15) is 0 Å². The number of hydrogen-bond acceptors (Lipinski definition) is 2. The third-order valence-electron chi connectivity index (χ3n) is 4.29. The van der Waals surface area contributed by atoms with E-state index in [-0.39, 0.29) is 17.7 Å². The minimum absolute atomic E-state index is 0.0913.